The number of nitriles is 1. The van der Waals surface area contributed by atoms with Gasteiger partial charge in [0.25, 0.3) is 0 Å². The van der Waals surface area contributed by atoms with E-state index in [1.807, 2.05) is 0 Å². The number of hydrogen-bond donors (Lipinski definition) is 1. The zero-order valence-electron chi connectivity index (χ0n) is 22.4. The van der Waals surface area contributed by atoms with E-state index in [1.54, 1.807) is 36.8 Å². The summed E-state index contributed by atoms with van der Waals surface area (Å²) in [7, 11) is 1.55. The number of thiophene rings is 1. The topological polar surface area (TPSA) is 64.4 Å². The maximum atomic E-state index is 9.82. The molecule has 2 fully saturated rings. The second-order valence-electron chi connectivity index (χ2n) is 10.5. The molecule has 2 saturated heterocycles. The lowest BCUT2D eigenvalue weighted by atomic mass is 10.0. The van der Waals surface area contributed by atoms with Crippen LogP contribution in [0.3, 0.4) is 0 Å². The van der Waals surface area contributed by atoms with Crippen molar-refractivity contribution in [2.45, 2.75) is 38.3 Å². The SMILES string of the molecule is COc1cc(Nc2c(C#N)cnc3cc(-c4ccc(CN5CCC(N6CCCC6)CC5)cc4)sc23)c(Cl)cc1Cl. The second kappa shape index (κ2) is 11.9. The molecule has 0 bridgehead atoms. The number of nitrogens with zero attached hydrogens (tertiary/aromatic N) is 4. The third kappa shape index (κ3) is 5.65. The van der Waals surface area contributed by atoms with E-state index in [-0.39, 0.29) is 0 Å². The summed E-state index contributed by atoms with van der Waals surface area (Å²) in [5, 5.41) is 14.0. The lowest BCUT2D eigenvalue weighted by molar-refractivity contribution is 0.122. The molecule has 2 aliphatic heterocycles. The maximum absolute atomic E-state index is 9.82. The fourth-order valence-electron chi connectivity index (χ4n) is 5.83. The zero-order chi connectivity index (χ0) is 27.6. The predicted octanol–water partition coefficient (Wildman–Crippen LogP) is 7.95. The molecule has 0 saturated carbocycles. The lowest BCUT2D eigenvalue weighted by Crippen LogP contribution is -2.43. The smallest absolute Gasteiger partial charge is 0.139 e. The van der Waals surface area contributed by atoms with Crippen molar-refractivity contribution in [3.8, 4) is 22.3 Å². The van der Waals surface area contributed by atoms with E-state index in [4.69, 9.17) is 27.9 Å². The van der Waals surface area contributed by atoms with Gasteiger partial charge in [0.05, 0.1) is 44.3 Å². The van der Waals surface area contributed by atoms with Crippen molar-refractivity contribution >= 4 is 56.1 Å². The number of piperidine rings is 1. The second-order valence-corrected chi connectivity index (χ2v) is 12.4. The number of hydrogen-bond acceptors (Lipinski definition) is 7. The monoisotopic (exact) mass is 591 g/mol. The molecule has 4 aromatic rings. The molecule has 6 rings (SSSR count). The van der Waals surface area contributed by atoms with Crippen LogP contribution in [0, 0.1) is 11.3 Å². The van der Waals surface area contributed by atoms with Crippen molar-refractivity contribution in [3.63, 3.8) is 0 Å². The van der Waals surface area contributed by atoms with Crippen molar-refractivity contribution in [2.24, 2.45) is 0 Å². The normalized spacial score (nSPS) is 16.9. The van der Waals surface area contributed by atoms with Gasteiger partial charge in [-0.1, -0.05) is 47.5 Å². The number of pyridine rings is 1. The molecule has 0 unspecified atom stereocenters. The number of methoxy groups -OCH3 is 1. The molecule has 0 spiro atoms. The summed E-state index contributed by atoms with van der Waals surface area (Å²) in [5.74, 6) is 0.500. The quantitative estimate of drug-likeness (QED) is 0.235. The van der Waals surface area contributed by atoms with Crippen LogP contribution in [0.4, 0.5) is 11.4 Å². The Hall–Kier alpha value is -2.86. The molecule has 4 heterocycles. The summed E-state index contributed by atoms with van der Waals surface area (Å²) in [6.45, 7) is 5.92. The van der Waals surface area contributed by atoms with Gasteiger partial charge in [-0.15, -0.1) is 11.3 Å². The highest BCUT2D eigenvalue weighted by Crippen LogP contribution is 2.42. The highest BCUT2D eigenvalue weighted by Gasteiger charge is 2.26. The van der Waals surface area contributed by atoms with Crippen LogP contribution in [0.2, 0.25) is 10.0 Å². The minimum Gasteiger partial charge on any atom is -0.495 e. The fourth-order valence-corrected chi connectivity index (χ4v) is 7.46. The number of rotatable bonds is 7. The Morgan fingerprint density at radius 3 is 2.50 bits per heavy atom. The molecule has 2 aromatic heterocycles. The first-order chi connectivity index (χ1) is 19.5. The largest absolute Gasteiger partial charge is 0.495 e. The number of fused-ring (bicyclic) bond motifs is 1. The molecule has 40 heavy (non-hydrogen) atoms. The Balaban J connectivity index is 1.20. The Morgan fingerprint density at radius 2 is 1.80 bits per heavy atom. The molecule has 9 heteroatoms. The molecule has 1 N–H and O–H groups in total. The van der Waals surface area contributed by atoms with E-state index < -0.39 is 0 Å². The summed E-state index contributed by atoms with van der Waals surface area (Å²) in [5.41, 5.74) is 5.01. The molecule has 206 valence electrons. The van der Waals surface area contributed by atoms with Crippen molar-refractivity contribution in [1.82, 2.24) is 14.8 Å². The minimum atomic E-state index is 0.423. The van der Waals surface area contributed by atoms with Gasteiger partial charge in [0.1, 0.15) is 11.8 Å². The van der Waals surface area contributed by atoms with Crippen LogP contribution >= 0.6 is 34.5 Å². The van der Waals surface area contributed by atoms with E-state index in [1.165, 1.54) is 57.4 Å². The van der Waals surface area contributed by atoms with Crippen molar-refractivity contribution in [1.29, 1.82) is 5.26 Å². The highest BCUT2D eigenvalue weighted by atomic mass is 35.5. The van der Waals surface area contributed by atoms with Gasteiger partial charge in [-0.05, 0) is 75.1 Å². The Bertz CT molecular complexity index is 1550. The summed E-state index contributed by atoms with van der Waals surface area (Å²) >= 11 is 14.3. The molecule has 0 atom stereocenters. The minimum absolute atomic E-state index is 0.423. The molecule has 0 amide bonds. The third-order valence-electron chi connectivity index (χ3n) is 8.02. The van der Waals surface area contributed by atoms with Gasteiger partial charge >= 0.3 is 0 Å². The summed E-state index contributed by atoms with van der Waals surface area (Å²) in [6.07, 6.45) is 6.89. The van der Waals surface area contributed by atoms with E-state index in [0.717, 1.165) is 33.2 Å². The molecular weight excluding hydrogens is 561 g/mol. The van der Waals surface area contributed by atoms with E-state index >= 15 is 0 Å². The van der Waals surface area contributed by atoms with Crippen LogP contribution in [0.25, 0.3) is 20.7 Å². The summed E-state index contributed by atoms with van der Waals surface area (Å²) in [4.78, 5) is 10.9. The van der Waals surface area contributed by atoms with Gasteiger partial charge < -0.3 is 15.0 Å². The summed E-state index contributed by atoms with van der Waals surface area (Å²) < 4.78 is 6.25. The van der Waals surface area contributed by atoms with Crippen LogP contribution < -0.4 is 10.1 Å². The van der Waals surface area contributed by atoms with Crippen LogP contribution in [0.1, 0.15) is 36.8 Å². The van der Waals surface area contributed by atoms with E-state index in [9.17, 15) is 5.26 Å². The van der Waals surface area contributed by atoms with Crippen LogP contribution in [-0.4, -0.2) is 54.1 Å². The average molecular weight is 593 g/mol. The number of halogens is 2. The van der Waals surface area contributed by atoms with Gasteiger partial charge in [0.2, 0.25) is 0 Å². The standard InChI is InChI=1S/C31H31Cl2N5OS/c1-39-28-15-26(24(32)14-25(28)33)36-30-22(17-34)18-35-27-16-29(40-31(27)30)21-6-4-20(5-7-21)19-37-12-8-23(9-13-37)38-10-2-3-11-38/h4-7,14-16,18,23H,2-3,8-13,19H2,1H3,(H,35,36). The van der Waals surface area contributed by atoms with Gasteiger partial charge in [-0.2, -0.15) is 5.26 Å². The fraction of sp³-hybridized carbons (Fsp3) is 0.355. The first kappa shape index (κ1) is 27.3. The molecule has 0 radical (unpaired) electrons. The van der Waals surface area contributed by atoms with Crippen molar-refractivity contribution in [2.75, 3.05) is 38.6 Å². The Kier molecular flexibility index (Phi) is 8.15. The van der Waals surface area contributed by atoms with Gasteiger partial charge in [-0.3, -0.25) is 9.88 Å². The van der Waals surface area contributed by atoms with Crippen molar-refractivity contribution in [3.05, 3.63) is 69.8 Å². The predicted molar refractivity (Wildman–Crippen MR) is 165 cm³/mol. The number of nitrogens with one attached hydrogen (secondary N) is 1. The van der Waals surface area contributed by atoms with Crippen LogP contribution in [0.15, 0.2) is 48.7 Å². The summed E-state index contributed by atoms with van der Waals surface area (Å²) in [6, 6.07) is 17.3. The molecule has 2 aromatic carbocycles. The number of aromatic nitrogens is 1. The number of anilines is 2. The molecular formula is C31H31Cl2N5OS. The third-order valence-corrected chi connectivity index (χ3v) is 9.82. The van der Waals surface area contributed by atoms with Gasteiger partial charge in [0, 0.05) is 29.7 Å². The highest BCUT2D eigenvalue weighted by molar-refractivity contribution is 7.22. The Morgan fingerprint density at radius 1 is 1.05 bits per heavy atom. The van der Waals surface area contributed by atoms with Crippen molar-refractivity contribution < 1.29 is 4.74 Å². The van der Waals surface area contributed by atoms with E-state index in [0.29, 0.717) is 32.7 Å². The number of benzene rings is 2. The molecule has 6 nitrogen and oxygen atoms in total. The number of ether oxygens (including phenoxy) is 1. The first-order valence-electron chi connectivity index (χ1n) is 13.7. The van der Waals surface area contributed by atoms with Crippen LogP contribution in [-0.2, 0) is 6.54 Å². The van der Waals surface area contributed by atoms with E-state index in [2.05, 4.69) is 56.5 Å². The van der Waals surface area contributed by atoms with Gasteiger partial charge in [-0.25, -0.2) is 0 Å². The molecule has 0 aliphatic carbocycles. The maximum Gasteiger partial charge on any atom is 0.139 e. The lowest BCUT2D eigenvalue weighted by Gasteiger charge is -2.36. The zero-order valence-corrected chi connectivity index (χ0v) is 24.7. The first-order valence-corrected chi connectivity index (χ1v) is 15.3. The van der Waals surface area contributed by atoms with Gasteiger partial charge in [0.15, 0.2) is 0 Å². The average Bonchev–Trinajstić information content (AvgIpc) is 3.66. The molecule has 2 aliphatic rings. The Labute approximate surface area is 249 Å². The van der Waals surface area contributed by atoms with Crippen LogP contribution in [0.5, 0.6) is 5.75 Å². The number of likely N-dealkylation sites (tertiary alicyclic amines) is 2.